The summed E-state index contributed by atoms with van der Waals surface area (Å²) in [6.45, 7) is 3.76. The highest BCUT2D eigenvalue weighted by atomic mass is 19.1. The van der Waals surface area contributed by atoms with Crippen molar-refractivity contribution in [2.45, 2.75) is 26.7 Å². The van der Waals surface area contributed by atoms with Gasteiger partial charge in [-0.3, -0.25) is 0 Å². The van der Waals surface area contributed by atoms with Crippen LogP contribution in [0.15, 0.2) is 46.6 Å². The fraction of sp³-hybridized carbons (Fsp3) is 0.222. The Kier molecular flexibility index (Phi) is 5.53. The van der Waals surface area contributed by atoms with E-state index in [0.717, 1.165) is 24.6 Å². The van der Waals surface area contributed by atoms with Gasteiger partial charge in [0.05, 0.1) is 18.0 Å². The Hall–Kier alpha value is -2.36. The zero-order chi connectivity index (χ0) is 15.9. The molecule has 0 bridgehead atoms. The molecule has 2 rings (SSSR count). The van der Waals surface area contributed by atoms with E-state index >= 15 is 0 Å². The molecule has 0 atom stereocenters. The Morgan fingerprint density at radius 1 is 0.955 bits per heavy atom. The van der Waals surface area contributed by atoms with Crippen LogP contribution in [0.3, 0.4) is 0 Å². The Morgan fingerprint density at radius 2 is 1.55 bits per heavy atom. The molecule has 2 nitrogen and oxygen atoms in total. The number of aryl methyl sites for hydroxylation is 2. The predicted molar refractivity (Wildman–Crippen MR) is 86.7 cm³/mol. The molecule has 2 aromatic rings. The molecule has 0 radical (unpaired) electrons. The summed E-state index contributed by atoms with van der Waals surface area (Å²) in [5.74, 6) is -1.28. The van der Waals surface area contributed by atoms with Crippen molar-refractivity contribution in [1.29, 1.82) is 0 Å². The molecule has 0 aliphatic rings. The lowest BCUT2D eigenvalue weighted by atomic mass is 10.1. The van der Waals surface area contributed by atoms with E-state index in [2.05, 4.69) is 17.1 Å². The van der Waals surface area contributed by atoms with Crippen molar-refractivity contribution in [3.63, 3.8) is 0 Å². The third-order valence-corrected chi connectivity index (χ3v) is 3.20. The first-order chi connectivity index (χ1) is 10.6. The van der Waals surface area contributed by atoms with Crippen LogP contribution in [-0.4, -0.2) is 12.4 Å². The topological polar surface area (TPSA) is 24.7 Å². The minimum absolute atomic E-state index is 0.180. The van der Waals surface area contributed by atoms with Gasteiger partial charge in [0.1, 0.15) is 11.6 Å². The minimum Gasteiger partial charge on any atom is -0.206 e. The van der Waals surface area contributed by atoms with Crippen LogP contribution in [0.4, 0.5) is 8.78 Å². The van der Waals surface area contributed by atoms with Gasteiger partial charge in [-0.25, -0.2) is 8.78 Å². The lowest BCUT2D eigenvalue weighted by molar-refractivity contribution is 0.578. The van der Waals surface area contributed by atoms with E-state index in [4.69, 9.17) is 0 Å². The third-order valence-electron chi connectivity index (χ3n) is 3.20. The van der Waals surface area contributed by atoms with Crippen LogP contribution >= 0.6 is 0 Å². The lowest BCUT2D eigenvalue weighted by Crippen LogP contribution is -1.95. The molecular weight excluding hydrogens is 282 g/mol. The first-order valence-corrected chi connectivity index (χ1v) is 7.21. The van der Waals surface area contributed by atoms with Gasteiger partial charge in [-0.15, -0.1) is 0 Å². The Labute approximate surface area is 129 Å². The highest BCUT2D eigenvalue weighted by molar-refractivity contribution is 5.83. The summed E-state index contributed by atoms with van der Waals surface area (Å²) in [4.78, 5) is 0. The van der Waals surface area contributed by atoms with Gasteiger partial charge in [0.15, 0.2) is 0 Å². The molecule has 2 aromatic carbocycles. The number of halogens is 2. The van der Waals surface area contributed by atoms with Crippen LogP contribution in [0.2, 0.25) is 0 Å². The molecule has 0 heterocycles. The normalized spacial score (nSPS) is 11.6. The summed E-state index contributed by atoms with van der Waals surface area (Å²) < 4.78 is 27.2. The maximum absolute atomic E-state index is 13.6. The van der Waals surface area contributed by atoms with Gasteiger partial charge >= 0.3 is 0 Å². The zero-order valence-corrected chi connectivity index (χ0v) is 12.7. The van der Waals surface area contributed by atoms with Gasteiger partial charge in [-0.2, -0.15) is 10.2 Å². The first-order valence-electron chi connectivity index (χ1n) is 7.21. The summed E-state index contributed by atoms with van der Waals surface area (Å²) in [6.07, 6.45) is 4.79. The van der Waals surface area contributed by atoms with Gasteiger partial charge in [0, 0.05) is 0 Å². The largest absolute Gasteiger partial charge is 0.206 e. The van der Waals surface area contributed by atoms with Crippen LogP contribution in [0.25, 0.3) is 0 Å². The van der Waals surface area contributed by atoms with E-state index < -0.39 is 11.6 Å². The van der Waals surface area contributed by atoms with Crippen molar-refractivity contribution in [1.82, 2.24) is 0 Å². The maximum atomic E-state index is 13.6. The van der Waals surface area contributed by atoms with Crippen molar-refractivity contribution in [2.24, 2.45) is 10.2 Å². The SMILES string of the molecule is CCCc1ccc(C=NN=Cc2c(F)cc(C)cc2F)cc1. The lowest BCUT2D eigenvalue weighted by Gasteiger charge is -2.00. The molecule has 0 unspecified atom stereocenters. The van der Waals surface area contributed by atoms with Gasteiger partial charge in [-0.1, -0.05) is 37.6 Å². The van der Waals surface area contributed by atoms with Gasteiger partial charge in [0.2, 0.25) is 0 Å². The average molecular weight is 300 g/mol. The van der Waals surface area contributed by atoms with Gasteiger partial charge in [-0.05, 0) is 42.2 Å². The van der Waals surface area contributed by atoms with Crippen LogP contribution in [-0.2, 0) is 6.42 Å². The standard InChI is InChI=1S/C18H18F2N2/c1-3-4-14-5-7-15(8-6-14)11-21-22-12-16-17(19)9-13(2)10-18(16)20/h5-12H,3-4H2,1-2H3. The fourth-order valence-corrected chi connectivity index (χ4v) is 2.08. The van der Waals surface area contributed by atoms with E-state index in [9.17, 15) is 8.78 Å². The molecule has 0 fully saturated rings. The molecule has 0 saturated heterocycles. The Morgan fingerprint density at radius 3 is 2.14 bits per heavy atom. The second-order valence-corrected chi connectivity index (χ2v) is 5.12. The quantitative estimate of drug-likeness (QED) is 0.566. The van der Waals surface area contributed by atoms with Crippen LogP contribution in [0.1, 0.15) is 35.6 Å². The smallest absolute Gasteiger partial charge is 0.135 e. The number of hydrogen-bond acceptors (Lipinski definition) is 2. The number of benzene rings is 2. The van der Waals surface area contributed by atoms with E-state index in [0.29, 0.717) is 5.56 Å². The van der Waals surface area contributed by atoms with E-state index in [1.165, 1.54) is 17.7 Å². The van der Waals surface area contributed by atoms with Crippen molar-refractivity contribution in [2.75, 3.05) is 0 Å². The van der Waals surface area contributed by atoms with Crippen molar-refractivity contribution >= 4 is 12.4 Å². The molecule has 0 N–H and O–H groups in total. The summed E-state index contributed by atoms with van der Waals surface area (Å²) >= 11 is 0. The summed E-state index contributed by atoms with van der Waals surface area (Å²) in [5.41, 5.74) is 2.51. The molecule has 0 spiro atoms. The molecule has 22 heavy (non-hydrogen) atoms. The minimum atomic E-state index is -0.639. The molecule has 0 amide bonds. The monoisotopic (exact) mass is 300 g/mol. The third kappa shape index (κ3) is 4.32. The maximum Gasteiger partial charge on any atom is 0.135 e. The molecule has 0 aliphatic carbocycles. The van der Waals surface area contributed by atoms with Crippen molar-refractivity contribution in [3.05, 3.63) is 70.3 Å². The number of nitrogens with zero attached hydrogens (tertiary/aromatic N) is 2. The average Bonchev–Trinajstić information content (AvgIpc) is 2.47. The van der Waals surface area contributed by atoms with Crippen LogP contribution in [0, 0.1) is 18.6 Å². The molecule has 0 aliphatic heterocycles. The summed E-state index contributed by atoms with van der Waals surface area (Å²) in [5, 5.41) is 7.54. The molecular formula is C18H18F2N2. The molecule has 4 heteroatoms. The number of rotatable bonds is 5. The zero-order valence-electron chi connectivity index (χ0n) is 12.7. The number of hydrogen-bond donors (Lipinski definition) is 0. The van der Waals surface area contributed by atoms with Crippen molar-refractivity contribution < 1.29 is 8.78 Å². The van der Waals surface area contributed by atoms with E-state index in [1.54, 1.807) is 13.1 Å². The van der Waals surface area contributed by atoms with Crippen molar-refractivity contribution in [3.8, 4) is 0 Å². The van der Waals surface area contributed by atoms with E-state index in [-0.39, 0.29) is 5.56 Å². The fourth-order valence-electron chi connectivity index (χ4n) is 2.08. The molecule has 0 saturated carbocycles. The second-order valence-electron chi connectivity index (χ2n) is 5.12. The highest BCUT2D eigenvalue weighted by Crippen LogP contribution is 2.13. The van der Waals surface area contributed by atoms with Gasteiger partial charge < -0.3 is 0 Å². The summed E-state index contributed by atoms with van der Waals surface area (Å²) in [6, 6.07) is 10.5. The Bertz CT molecular complexity index is 666. The van der Waals surface area contributed by atoms with Gasteiger partial charge in [0.25, 0.3) is 0 Å². The Balaban J connectivity index is 2.06. The van der Waals surface area contributed by atoms with E-state index in [1.807, 2.05) is 24.3 Å². The summed E-state index contributed by atoms with van der Waals surface area (Å²) in [7, 11) is 0. The molecule has 114 valence electrons. The molecule has 0 aromatic heterocycles. The first kappa shape index (κ1) is 16.0. The predicted octanol–water partition coefficient (Wildman–Crippen LogP) is 4.68. The second kappa shape index (κ2) is 7.59. The van der Waals surface area contributed by atoms with Crippen LogP contribution in [0.5, 0.6) is 0 Å². The highest BCUT2D eigenvalue weighted by Gasteiger charge is 2.07. The van der Waals surface area contributed by atoms with Crippen LogP contribution < -0.4 is 0 Å².